The molecule has 14 heteroatoms. The van der Waals surface area contributed by atoms with Crippen molar-refractivity contribution in [2.75, 3.05) is 31.6 Å². The maximum atomic E-state index is 11.4. The standard InChI is InChI=1S/C17H23N7O6S/c18-8(5-25)14(29)19-3-1-2-4-20-17-22-13-10(15(31)23-17)21-7-24(13)16-12(28)11(27)9(6-26)30-16/h7-9,11-12,16,25-28H,3-6,18H2,(H,19,29)(H2,20,22,23,31)/t8?,9-,11?,12?,16-/m1/s1. The van der Waals surface area contributed by atoms with Crippen LogP contribution >= 0.6 is 12.2 Å². The summed E-state index contributed by atoms with van der Waals surface area (Å²) in [6, 6.07) is -0.989. The number of imidazole rings is 1. The number of aromatic amines is 1. The summed E-state index contributed by atoms with van der Waals surface area (Å²) >= 11 is 5.26. The van der Waals surface area contributed by atoms with Crippen molar-refractivity contribution in [1.29, 1.82) is 0 Å². The molecule has 3 unspecified atom stereocenters. The van der Waals surface area contributed by atoms with E-state index in [1.165, 1.54) is 10.9 Å². The molecule has 168 valence electrons. The minimum atomic E-state index is -1.28. The first kappa shape index (κ1) is 23.0. The highest BCUT2D eigenvalue weighted by Crippen LogP contribution is 2.31. The quantitative estimate of drug-likeness (QED) is 0.156. The second-order valence-electron chi connectivity index (χ2n) is 6.68. The maximum Gasteiger partial charge on any atom is 0.240 e. The minimum Gasteiger partial charge on any atom is -0.394 e. The van der Waals surface area contributed by atoms with Crippen LogP contribution in [0.15, 0.2) is 6.33 Å². The zero-order chi connectivity index (χ0) is 22.5. The van der Waals surface area contributed by atoms with Gasteiger partial charge in [-0.1, -0.05) is 24.1 Å². The Morgan fingerprint density at radius 1 is 1.35 bits per heavy atom. The molecule has 13 nitrogen and oxygen atoms in total. The lowest BCUT2D eigenvalue weighted by Gasteiger charge is -2.17. The summed E-state index contributed by atoms with van der Waals surface area (Å²) in [5, 5.41) is 43.7. The molecule has 0 aromatic carbocycles. The molecule has 0 spiro atoms. The topological polar surface area (TPSA) is 204 Å². The lowest BCUT2D eigenvalue weighted by Crippen LogP contribution is -2.43. The Balaban J connectivity index is 1.69. The molecule has 1 aliphatic heterocycles. The number of nitrogens with two attached hydrogens (primary N) is 1. The SMILES string of the molecule is NC(CO)C(=O)NCC#CCNc1nc(=S)c2ncn([C@@H]3O[C@H](CO)C(O)C3O)c2[nH]1. The third kappa shape index (κ3) is 4.99. The van der Waals surface area contributed by atoms with Crippen LogP contribution in [0.5, 0.6) is 0 Å². The molecule has 0 saturated carbocycles. The summed E-state index contributed by atoms with van der Waals surface area (Å²) in [4.78, 5) is 22.8. The normalized spacial score (nSPS) is 23.9. The summed E-state index contributed by atoms with van der Waals surface area (Å²) in [7, 11) is 0. The minimum absolute atomic E-state index is 0.0642. The molecule has 0 bridgehead atoms. The summed E-state index contributed by atoms with van der Waals surface area (Å²) in [5.74, 6) is 5.28. The third-order valence-corrected chi connectivity index (χ3v) is 4.88. The molecule has 31 heavy (non-hydrogen) atoms. The van der Waals surface area contributed by atoms with Crippen LogP contribution in [0.1, 0.15) is 6.23 Å². The van der Waals surface area contributed by atoms with Gasteiger partial charge in [0.15, 0.2) is 10.9 Å². The Kier molecular flexibility index (Phi) is 7.51. The molecule has 2 aromatic heterocycles. The molecule has 5 atom stereocenters. The molecule has 1 aliphatic rings. The number of aliphatic hydroxyl groups is 4. The number of hydrogen-bond donors (Lipinski definition) is 8. The van der Waals surface area contributed by atoms with Crippen molar-refractivity contribution in [3.05, 3.63) is 11.0 Å². The zero-order valence-electron chi connectivity index (χ0n) is 16.2. The number of rotatable bonds is 7. The van der Waals surface area contributed by atoms with E-state index >= 15 is 0 Å². The van der Waals surface area contributed by atoms with E-state index in [2.05, 4.69) is 37.4 Å². The molecule has 1 fully saturated rings. The van der Waals surface area contributed by atoms with Crippen molar-refractivity contribution in [2.45, 2.75) is 30.6 Å². The van der Waals surface area contributed by atoms with Gasteiger partial charge >= 0.3 is 0 Å². The summed E-state index contributed by atoms with van der Waals surface area (Å²) in [6.45, 7) is -0.660. The Morgan fingerprint density at radius 2 is 2.10 bits per heavy atom. The van der Waals surface area contributed by atoms with Gasteiger partial charge in [0, 0.05) is 0 Å². The van der Waals surface area contributed by atoms with Crippen molar-refractivity contribution in [1.82, 2.24) is 24.8 Å². The van der Waals surface area contributed by atoms with Crippen molar-refractivity contribution in [3.63, 3.8) is 0 Å². The van der Waals surface area contributed by atoms with E-state index in [0.29, 0.717) is 11.2 Å². The average molecular weight is 453 g/mol. The smallest absolute Gasteiger partial charge is 0.240 e. The fraction of sp³-hybridized carbons (Fsp3) is 0.529. The van der Waals surface area contributed by atoms with E-state index in [1.807, 2.05) is 0 Å². The first-order valence-electron chi connectivity index (χ1n) is 9.30. The van der Waals surface area contributed by atoms with Crippen LogP contribution in [0.2, 0.25) is 0 Å². The fourth-order valence-corrected chi connectivity index (χ4v) is 3.16. The van der Waals surface area contributed by atoms with E-state index in [-0.39, 0.29) is 23.7 Å². The second-order valence-corrected chi connectivity index (χ2v) is 7.07. The van der Waals surface area contributed by atoms with Gasteiger partial charge in [0.2, 0.25) is 11.9 Å². The van der Waals surface area contributed by atoms with Gasteiger partial charge in [-0.3, -0.25) is 9.36 Å². The Morgan fingerprint density at radius 3 is 2.77 bits per heavy atom. The van der Waals surface area contributed by atoms with Gasteiger partial charge in [-0.25, -0.2) is 9.97 Å². The highest BCUT2D eigenvalue weighted by molar-refractivity contribution is 7.71. The van der Waals surface area contributed by atoms with E-state index in [1.54, 1.807) is 0 Å². The maximum absolute atomic E-state index is 11.4. The number of hydrogen-bond acceptors (Lipinski definition) is 11. The molecule has 2 aromatic rings. The van der Waals surface area contributed by atoms with Crippen LogP contribution in [-0.4, -0.2) is 96.5 Å². The van der Waals surface area contributed by atoms with Crippen molar-refractivity contribution in [3.8, 4) is 11.8 Å². The first-order valence-corrected chi connectivity index (χ1v) is 9.71. The number of carbonyl (C=O) groups is 1. The zero-order valence-corrected chi connectivity index (χ0v) is 17.0. The Bertz CT molecular complexity index is 1050. The highest BCUT2D eigenvalue weighted by Gasteiger charge is 2.43. The number of anilines is 1. The van der Waals surface area contributed by atoms with Crippen LogP contribution in [0.3, 0.4) is 0 Å². The number of aromatic nitrogens is 4. The third-order valence-electron chi connectivity index (χ3n) is 4.59. The highest BCUT2D eigenvalue weighted by atomic mass is 32.1. The van der Waals surface area contributed by atoms with Gasteiger partial charge < -0.3 is 46.5 Å². The van der Waals surface area contributed by atoms with Gasteiger partial charge in [-0.05, 0) is 0 Å². The first-order chi connectivity index (χ1) is 14.9. The van der Waals surface area contributed by atoms with Crippen LogP contribution in [-0.2, 0) is 9.53 Å². The summed E-state index contributed by atoms with van der Waals surface area (Å²) < 4.78 is 7.19. The van der Waals surface area contributed by atoms with E-state index in [0.717, 1.165) is 0 Å². The lowest BCUT2D eigenvalue weighted by atomic mass is 10.1. The number of H-pyrrole nitrogens is 1. The Hall–Kier alpha value is -2.64. The number of nitrogens with zero attached hydrogens (tertiary/aromatic N) is 3. The predicted molar refractivity (Wildman–Crippen MR) is 110 cm³/mol. The van der Waals surface area contributed by atoms with Gasteiger partial charge in [0.05, 0.1) is 32.6 Å². The van der Waals surface area contributed by atoms with Gasteiger partial charge in [-0.2, -0.15) is 0 Å². The molecular formula is C17H23N7O6S. The molecule has 9 N–H and O–H groups in total. The van der Waals surface area contributed by atoms with Crippen LogP contribution < -0.4 is 16.4 Å². The molecule has 0 radical (unpaired) electrons. The molecule has 3 rings (SSSR count). The van der Waals surface area contributed by atoms with E-state index < -0.39 is 49.7 Å². The average Bonchev–Trinajstić information content (AvgIpc) is 3.31. The van der Waals surface area contributed by atoms with Gasteiger partial charge in [0.25, 0.3) is 0 Å². The molecular weight excluding hydrogens is 430 g/mol. The van der Waals surface area contributed by atoms with E-state index in [4.69, 9.17) is 27.8 Å². The van der Waals surface area contributed by atoms with Gasteiger partial charge in [-0.15, -0.1) is 0 Å². The lowest BCUT2D eigenvalue weighted by molar-refractivity contribution is -0.122. The number of aliphatic hydroxyl groups excluding tert-OH is 4. The second kappa shape index (κ2) is 10.1. The van der Waals surface area contributed by atoms with Crippen LogP contribution in [0, 0.1) is 16.5 Å². The summed E-state index contributed by atoms with van der Waals surface area (Å²) in [6.07, 6.45) is -3.05. The predicted octanol–water partition coefficient (Wildman–Crippen LogP) is -3.05. The Labute approximate surface area is 181 Å². The number of fused-ring (bicyclic) bond motifs is 1. The molecule has 1 amide bonds. The number of carbonyl (C=O) groups excluding carboxylic acids is 1. The number of amides is 1. The van der Waals surface area contributed by atoms with Gasteiger partial charge in [0.1, 0.15) is 35.5 Å². The molecule has 0 aliphatic carbocycles. The largest absolute Gasteiger partial charge is 0.394 e. The van der Waals surface area contributed by atoms with Crippen molar-refractivity contribution in [2.24, 2.45) is 5.73 Å². The van der Waals surface area contributed by atoms with Crippen LogP contribution in [0.4, 0.5) is 5.95 Å². The number of ether oxygens (including phenoxy) is 1. The fourth-order valence-electron chi connectivity index (χ4n) is 2.92. The van der Waals surface area contributed by atoms with Crippen molar-refractivity contribution >= 4 is 35.2 Å². The van der Waals surface area contributed by atoms with Crippen LogP contribution in [0.25, 0.3) is 11.2 Å². The monoisotopic (exact) mass is 453 g/mol. The van der Waals surface area contributed by atoms with Crippen molar-refractivity contribution < 1.29 is 30.0 Å². The summed E-state index contributed by atoms with van der Waals surface area (Å²) in [5.41, 5.74) is 6.14. The molecule has 1 saturated heterocycles. The van der Waals surface area contributed by atoms with E-state index in [9.17, 15) is 20.1 Å². The number of nitrogens with one attached hydrogen (secondary N) is 3. The molecule has 3 heterocycles.